The van der Waals surface area contributed by atoms with Gasteiger partial charge in [-0.2, -0.15) is 10.4 Å². The van der Waals surface area contributed by atoms with Crippen molar-refractivity contribution in [2.24, 2.45) is 0 Å². The molecule has 1 N–H and O–H groups in total. The minimum Gasteiger partial charge on any atom is -0.323 e. The molecule has 0 aliphatic heterocycles. The highest BCUT2D eigenvalue weighted by atomic mass is 16.1. The van der Waals surface area contributed by atoms with Gasteiger partial charge in [-0.15, -0.1) is 0 Å². The molecule has 0 saturated carbocycles. The number of nitriles is 1. The first-order valence-electron chi connectivity index (χ1n) is 3.70. The molecule has 0 spiro atoms. The quantitative estimate of drug-likeness (QED) is 0.620. The van der Waals surface area contributed by atoms with Crippen molar-refractivity contribution in [3.63, 3.8) is 0 Å². The van der Waals surface area contributed by atoms with Gasteiger partial charge in [-0.1, -0.05) is 0 Å². The van der Waals surface area contributed by atoms with Crippen LogP contribution in [0.15, 0.2) is 17.2 Å². The summed E-state index contributed by atoms with van der Waals surface area (Å²) in [4.78, 5) is 14.0. The number of aryl methyl sites for hydroxylation is 1. The molecule has 2 aromatic heterocycles. The van der Waals surface area contributed by atoms with Crippen LogP contribution in [0.1, 0.15) is 11.3 Å². The number of aromatic amines is 1. The van der Waals surface area contributed by atoms with Gasteiger partial charge < -0.3 is 4.98 Å². The molecule has 0 fully saturated rings. The van der Waals surface area contributed by atoms with Crippen LogP contribution >= 0.6 is 0 Å². The molecule has 0 radical (unpaired) electrons. The van der Waals surface area contributed by atoms with Crippen LogP contribution in [0.4, 0.5) is 0 Å². The Morgan fingerprint density at radius 2 is 2.46 bits per heavy atom. The second-order valence-electron chi connectivity index (χ2n) is 2.73. The molecule has 5 heteroatoms. The zero-order valence-corrected chi connectivity index (χ0v) is 6.90. The Bertz CT molecular complexity index is 558. The number of fused-ring (bicyclic) bond motifs is 1. The average molecular weight is 174 g/mol. The Balaban J connectivity index is 3.01. The van der Waals surface area contributed by atoms with Gasteiger partial charge in [0.15, 0.2) is 0 Å². The normalized spacial score (nSPS) is 10.2. The summed E-state index contributed by atoms with van der Waals surface area (Å²) in [5.41, 5.74) is 1.02. The van der Waals surface area contributed by atoms with E-state index in [1.165, 1.54) is 10.7 Å². The zero-order valence-electron chi connectivity index (χ0n) is 6.90. The molecule has 2 rings (SSSR count). The topological polar surface area (TPSA) is 74.0 Å². The van der Waals surface area contributed by atoms with E-state index in [1.807, 2.05) is 6.07 Å². The first-order chi connectivity index (χ1) is 6.22. The van der Waals surface area contributed by atoms with Gasteiger partial charge in [0.2, 0.25) is 0 Å². The molecule has 64 valence electrons. The van der Waals surface area contributed by atoms with Crippen molar-refractivity contribution in [3.05, 3.63) is 34.0 Å². The predicted octanol–water partition coefficient (Wildman–Crippen LogP) is 0.203. The molecular weight excluding hydrogens is 168 g/mol. The molecule has 5 nitrogen and oxygen atoms in total. The van der Waals surface area contributed by atoms with Gasteiger partial charge in [-0.05, 0) is 6.92 Å². The fourth-order valence-electron chi connectivity index (χ4n) is 1.22. The Kier molecular flexibility index (Phi) is 1.43. The van der Waals surface area contributed by atoms with Gasteiger partial charge in [-0.25, -0.2) is 4.52 Å². The van der Waals surface area contributed by atoms with Gasteiger partial charge in [-0.3, -0.25) is 4.79 Å². The number of H-pyrrole nitrogens is 1. The third-order valence-electron chi connectivity index (χ3n) is 1.76. The lowest BCUT2D eigenvalue weighted by Crippen LogP contribution is -2.11. The van der Waals surface area contributed by atoms with Crippen LogP contribution in [0.3, 0.4) is 0 Å². The van der Waals surface area contributed by atoms with Gasteiger partial charge in [0.05, 0.1) is 6.20 Å². The predicted molar refractivity (Wildman–Crippen MR) is 45.3 cm³/mol. The van der Waals surface area contributed by atoms with Crippen molar-refractivity contribution < 1.29 is 0 Å². The van der Waals surface area contributed by atoms with Crippen LogP contribution < -0.4 is 5.56 Å². The van der Waals surface area contributed by atoms with E-state index in [2.05, 4.69) is 10.1 Å². The molecule has 0 atom stereocenters. The van der Waals surface area contributed by atoms with Crippen LogP contribution in [-0.4, -0.2) is 14.6 Å². The Morgan fingerprint density at radius 3 is 3.15 bits per heavy atom. The molecule has 0 aromatic carbocycles. The highest BCUT2D eigenvalue weighted by Crippen LogP contribution is 2.03. The van der Waals surface area contributed by atoms with E-state index < -0.39 is 0 Å². The third kappa shape index (κ3) is 0.999. The standard InChI is InChI=1S/C8H6N4O/c1-5-4-12-7(8(13)11-5)6(2-9)3-10-12/h3-4H,1H3,(H,11,13). The van der Waals surface area contributed by atoms with E-state index in [0.717, 1.165) is 0 Å². The number of hydrogen-bond donors (Lipinski definition) is 1. The van der Waals surface area contributed by atoms with Crippen molar-refractivity contribution in [1.82, 2.24) is 14.6 Å². The van der Waals surface area contributed by atoms with Crippen molar-refractivity contribution in [1.29, 1.82) is 5.26 Å². The summed E-state index contributed by atoms with van der Waals surface area (Å²) >= 11 is 0. The monoisotopic (exact) mass is 174 g/mol. The number of nitrogens with zero attached hydrogens (tertiary/aromatic N) is 3. The summed E-state index contributed by atoms with van der Waals surface area (Å²) in [6.07, 6.45) is 3.04. The van der Waals surface area contributed by atoms with Gasteiger partial charge >= 0.3 is 0 Å². The van der Waals surface area contributed by atoms with E-state index >= 15 is 0 Å². The lowest BCUT2D eigenvalue weighted by molar-refractivity contribution is 0.916. The van der Waals surface area contributed by atoms with E-state index in [4.69, 9.17) is 5.26 Å². The molecule has 2 heterocycles. The number of aromatic nitrogens is 3. The molecule has 0 unspecified atom stereocenters. The van der Waals surface area contributed by atoms with Crippen molar-refractivity contribution >= 4 is 5.52 Å². The summed E-state index contributed by atoms with van der Waals surface area (Å²) in [6.45, 7) is 1.76. The Morgan fingerprint density at radius 1 is 1.69 bits per heavy atom. The van der Waals surface area contributed by atoms with Crippen LogP contribution in [0.25, 0.3) is 5.52 Å². The van der Waals surface area contributed by atoms with Gasteiger partial charge in [0.1, 0.15) is 17.1 Å². The number of rotatable bonds is 0. The largest absolute Gasteiger partial charge is 0.323 e. The summed E-state index contributed by atoms with van der Waals surface area (Å²) in [7, 11) is 0. The van der Waals surface area contributed by atoms with E-state index in [-0.39, 0.29) is 5.56 Å². The summed E-state index contributed by atoms with van der Waals surface area (Å²) in [5, 5.41) is 12.5. The molecule has 2 aromatic rings. The fourth-order valence-corrected chi connectivity index (χ4v) is 1.22. The second kappa shape index (κ2) is 2.45. The SMILES string of the molecule is Cc1cn2ncc(C#N)c2c(=O)[nH]1. The lowest BCUT2D eigenvalue weighted by Gasteiger charge is -1.94. The second-order valence-corrected chi connectivity index (χ2v) is 2.73. The maximum atomic E-state index is 11.4. The highest BCUT2D eigenvalue weighted by Gasteiger charge is 2.06. The van der Waals surface area contributed by atoms with Crippen molar-refractivity contribution in [2.45, 2.75) is 6.92 Å². The average Bonchev–Trinajstić information content (AvgIpc) is 2.47. The minimum absolute atomic E-state index is 0.283. The highest BCUT2D eigenvalue weighted by molar-refractivity contribution is 5.58. The van der Waals surface area contributed by atoms with Gasteiger partial charge in [0, 0.05) is 11.9 Å². The van der Waals surface area contributed by atoms with Crippen LogP contribution in [0, 0.1) is 18.3 Å². The minimum atomic E-state index is -0.283. The molecule has 0 bridgehead atoms. The Labute approximate surface area is 73.2 Å². The molecule has 13 heavy (non-hydrogen) atoms. The van der Waals surface area contributed by atoms with E-state index in [9.17, 15) is 4.79 Å². The molecular formula is C8H6N4O. The van der Waals surface area contributed by atoms with Crippen molar-refractivity contribution in [2.75, 3.05) is 0 Å². The van der Waals surface area contributed by atoms with Crippen LogP contribution in [-0.2, 0) is 0 Å². The van der Waals surface area contributed by atoms with E-state index in [1.54, 1.807) is 13.1 Å². The number of hydrogen-bond acceptors (Lipinski definition) is 3. The first-order valence-corrected chi connectivity index (χ1v) is 3.70. The summed E-state index contributed by atoms with van der Waals surface area (Å²) in [6, 6.07) is 1.91. The van der Waals surface area contributed by atoms with Crippen molar-refractivity contribution in [3.8, 4) is 6.07 Å². The fraction of sp³-hybridized carbons (Fsp3) is 0.125. The van der Waals surface area contributed by atoms with Crippen LogP contribution in [0.5, 0.6) is 0 Å². The zero-order chi connectivity index (χ0) is 9.42. The molecule has 0 amide bonds. The van der Waals surface area contributed by atoms with Gasteiger partial charge in [0.25, 0.3) is 5.56 Å². The summed E-state index contributed by atoms with van der Waals surface area (Å²) in [5.74, 6) is 0. The number of nitrogens with one attached hydrogen (secondary N) is 1. The Hall–Kier alpha value is -2.09. The first kappa shape index (κ1) is 7.55. The van der Waals surface area contributed by atoms with Crippen LogP contribution in [0.2, 0.25) is 0 Å². The molecule has 0 aliphatic rings. The summed E-state index contributed by atoms with van der Waals surface area (Å²) < 4.78 is 1.41. The maximum absolute atomic E-state index is 11.4. The smallest absolute Gasteiger partial charge is 0.275 e. The van der Waals surface area contributed by atoms with E-state index in [0.29, 0.717) is 16.8 Å². The third-order valence-corrected chi connectivity index (χ3v) is 1.76. The molecule has 0 aliphatic carbocycles. The maximum Gasteiger partial charge on any atom is 0.275 e. The molecule has 0 saturated heterocycles. The lowest BCUT2D eigenvalue weighted by atomic mass is 10.3.